The quantitative estimate of drug-likeness (QED) is 0.944. The monoisotopic (exact) mass is 305 g/mol. The number of halogens is 1. The standard InChI is InChI=1S/C16H16FNO2S/c1-11-6-7-16(15(17)8-11)21(19,20)18-10-13-9-12-4-2-3-5-14(12)13/h2-8,13,18H,9-10H2,1H3. The molecule has 1 atom stereocenters. The van der Waals surface area contributed by atoms with Crippen molar-refractivity contribution in [3.8, 4) is 0 Å². The van der Waals surface area contributed by atoms with Crippen molar-refractivity contribution < 1.29 is 12.8 Å². The van der Waals surface area contributed by atoms with Crippen LogP contribution in [0, 0.1) is 12.7 Å². The summed E-state index contributed by atoms with van der Waals surface area (Å²) >= 11 is 0. The Hall–Kier alpha value is -1.72. The second-order valence-corrected chi connectivity index (χ2v) is 7.12. The lowest BCUT2D eigenvalue weighted by molar-refractivity contribution is 0.538. The Labute approximate surface area is 123 Å². The van der Waals surface area contributed by atoms with Crippen molar-refractivity contribution in [2.24, 2.45) is 0 Å². The minimum absolute atomic E-state index is 0.171. The van der Waals surface area contributed by atoms with Gasteiger partial charge in [0.2, 0.25) is 10.0 Å². The Kier molecular flexibility index (Phi) is 3.55. The molecule has 3 rings (SSSR count). The van der Waals surface area contributed by atoms with Crippen LogP contribution in [0.5, 0.6) is 0 Å². The first-order chi connectivity index (χ1) is 9.97. The Balaban J connectivity index is 1.73. The number of aryl methyl sites for hydroxylation is 1. The Bertz CT molecular complexity index is 787. The summed E-state index contributed by atoms with van der Waals surface area (Å²) in [6.07, 6.45) is 0.856. The first-order valence-electron chi connectivity index (χ1n) is 6.81. The number of nitrogens with one attached hydrogen (secondary N) is 1. The van der Waals surface area contributed by atoms with E-state index in [2.05, 4.69) is 4.72 Å². The van der Waals surface area contributed by atoms with Gasteiger partial charge in [0.05, 0.1) is 0 Å². The first-order valence-corrected chi connectivity index (χ1v) is 8.29. The fourth-order valence-corrected chi connectivity index (χ4v) is 3.80. The van der Waals surface area contributed by atoms with Crippen LogP contribution in [-0.2, 0) is 16.4 Å². The highest BCUT2D eigenvalue weighted by Crippen LogP contribution is 2.34. The van der Waals surface area contributed by atoms with E-state index < -0.39 is 15.8 Å². The molecule has 2 aromatic rings. The highest BCUT2D eigenvalue weighted by molar-refractivity contribution is 7.89. The van der Waals surface area contributed by atoms with Crippen LogP contribution in [0.3, 0.4) is 0 Å². The van der Waals surface area contributed by atoms with Gasteiger partial charge in [0, 0.05) is 12.5 Å². The first kappa shape index (κ1) is 14.2. The lowest BCUT2D eigenvalue weighted by Gasteiger charge is -2.30. The van der Waals surface area contributed by atoms with Crippen LogP contribution >= 0.6 is 0 Å². The minimum atomic E-state index is -3.81. The zero-order valence-electron chi connectivity index (χ0n) is 11.6. The lowest BCUT2D eigenvalue weighted by atomic mass is 9.78. The van der Waals surface area contributed by atoms with Crippen molar-refractivity contribution in [3.63, 3.8) is 0 Å². The van der Waals surface area contributed by atoms with Crippen molar-refractivity contribution in [2.75, 3.05) is 6.54 Å². The third kappa shape index (κ3) is 2.71. The van der Waals surface area contributed by atoms with E-state index in [9.17, 15) is 12.8 Å². The van der Waals surface area contributed by atoms with E-state index in [1.165, 1.54) is 23.3 Å². The summed E-state index contributed by atoms with van der Waals surface area (Å²) in [5.41, 5.74) is 3.12. The van der Waals surface area contributed by atoms with Crippen molar-refractivity contribution in [2.45, 2.75) is 24.2 Å². The van der Waals surface area contributed by atoms with E-state index in [-0.39, 0.29) is 10.8 Å². The Morgan fingerprint density at radius 2 is 2.00 bits per heavy atom. The third-order valence-electron chi connectivity index (χ3n) is 3.86. The van der Waals surface area contributed by atoms with Gasteiger partial charge in [0.15, 0.2) is 0 Å². The summed E-state index contributed by atoms with van der Waals surface area (Å²) in [5, 5.41) is 0. The molecule has 3 nitrogen and oxygen atoms in total. The van der Waals surface area contributed by atoms with E-state index in [1.807, 2.05) is 24.3 Å². The summed E-state index contributed by atoms with van der Waals surface area (Å²) in [7, 11) is -3.81. The molecule has 2 aromatic carbocycles. The maximum absolute atomic E-state index is 13.8. The molecule has 0 amide bonds. The summed E-state index contributed by atoms with van der Waals surface area (Å²) in [4.78, 5) is -0.291. The van der Waals surface area contributed by atoms with Gasteiger partial charge in [0.1, 0.15) is 10.7 Å². The molecule has 110 valence electrons. The summed E-state index contributed by atoms with van der Waals surface area (Å²) < 4.78 is 40.6. The SMILES string of the molecule is Cc1ccc(S(=O)(=O)NCC2Cc3ccccc32)c(F)c1. The third-order valence-corrected chi connectivity index (χ3v) is 5.31. The van der Waals surface area contributed by atoms with Crippen LogP contribution in [-0.4, -0.2) is 15.0 Å². The predicted octanol–water partition coefficient (Wildman–Crippen LogP) is 2.75. The summed E-state index contributed by atoms with van der Waals surface area (Å²) in [6.45, 7) is 2.02. The topological polar surface area (TPSA) is 46.2 Å². The van der Waals surface area contributed by atoms with E-state index >= 15 is 0 Å². The average Bonchev–Trinajstić information content (AvgIpc) is 2.39. The molecule has 0 saturated carbocycles. The largest absolute Gasteiger partial charge is 0.243 e. The van der Waals surface area contributed by atoms with Crippen LogP contribution in [0.1, 0.15) is 22.6 Å². The number of hydrogen-bond donors (Lipinski definition) is 1. The Morgan fingerprint density at radius 3 is 2.71 bits per heavy atom. The molecule has 0 bridgehead atoms. The number of hydrogen-bond acceptors (Lipinski definition) is 2. The van der Waals surface area contributed by atoms with Crippen LogP contribution < -0.4 is 4.72 Å². The second-order valence-electron chi connectivity index (χ2n) is 5.39. The molecule has 0 spiro atoms. The molecule has 0 fully saturated rings. The number of fused-ring (bicyclic) bond motifs is 1. The van der Waals surface area contributed by atoms with E-state index in [0.29, 0.717) is 12.1 Å². The smallest absolute Gasteiger partial charge is 0.210 e. The fraction of sp³-hybridized carbons (Fsp3) is 0.250. The second kappa shape index (κ2) is 5.24. The van der Waals surface area contributed by atoms with Gasteiger partial charge in [-0.3, -0.25) is 0 Å². The normalized spacial score (nSPS) is 17.1. The molecule has 5 heteroatoms. The van der Waals surface area contributed by atoms with E-state index in [4.69, 9.17) is 0 Å². The zero-order valence-corrected chi connectivity index (χ0v) is 12.5. The van der Waals surface area contributed by atoms with Gasteiger partial charge in [-0.2, -0.15) is 0 Å². The van der Waals surface area contributed by atoms with Crippen molar-refractivity contribution in [1.82, 2.24) is 4.72 Å². The lowest BCUT2D eigenvalue weighted by Crippen LogP contribution is -2.33. The van der Waals surface area contributed by atoms with Crippen molar-refractivity contribution in [3.05, 3.63) is 65.0 Å². The number of benzene rings is 2. The molecular formula is C16H16FNO2S. The predicted molar refractivity (Wildman–Crippen MR) is 79.2 cm³/mol. The molecule has 1 aliphatic carbocycles. The summed E-state index contributed by atoms with van der Waals surface area (Å²) in [6, 6.07) is 12.1. The molecule has 21 heavy (non-hydrogen) atoms. The molecule has 1 aliphatic rings. The molecular weight excluding hydrogens is 289 g/mol. The maximum atomic E-state index is 13.8. The van der Waals surface area contributed by atoms with Gasteiger partial charge in [-0.25, -0.2) is 17.5 Å². The maximum Gasteiger partial charge on any atom is 0.243 e. The van der Waals surface area contributed by atoms with Crippen LogP contribution in [0.25, 0.3) is 0 Å². The minimum Gasteiger partial charge on any atom is -0.210 e. The summed E-state index contributed by atoms with van der Waals surface area (Å²) in [5.74, 6) is -0.541. The number of sulfonamides is 1. The molecule has 1 N–H and O–H groups in total. The van der Waals surface area contributed by atoms with Gasteiger partial charge in [-0.15, -0.1) is 0 Å². The zero-order chi connectivity index (χ0) is 15.0. The van der Waals surface area contributed by atoms with Gasteiger partial charge in [-0.05, 0) is 42.2 Å². The van der Waals surface area contributed by atoms with Crippen LogP contribution in [0.2, 0.25) is 0 Å². The van der Waals surface area contributed by atoms with Crippen molar-refractivity contribution in [1.29, 1.82) is 0 Å². The molecule has 0 radical (unpaired) electrons. The van der Waals surface area contributed by atoms with Crippen molar-refractivity contribution >= 4 is 10.0 Å². The molecule has 1 unspecified atom stereocenters. The highest BCUT2D eigenvalue weighted by atomic mass is 32.2. The van der Waals surface area contributed by atoms with Gasteiger partial charge < -0.3 is 0 Å². The van der Waals surface area contributed by atoms with Gasteiger partial charge in [0.25, 0.3) is 0 Å². The molecule has 0 aromatic heterocycles. The average molecular weight is 305 g/mol. The fourth-order valence-electron chi connectivity index (χ4n) is 2.66. The van der Waals surface area contributed by atoms with E-state index in [0.717, 1.165) is 6.42 Å². The molecule has 0 saturated heterocycles. The molecule has 0 aliphatic heterocycles. The van der Waals surface area contributed by atoms with Crippen LogP contribution in [0.4, 0.5) is 4.39 Å². The molecule has 0 heterocycles. The number of rotatable bonds is 4. The highest BCUT2D eigenvalue weighted by Gasteiger charge is 2.27. The van der Waals surface area contributed by atoms with Gasteiger partial charge in [-0.1, -0.05) is 30.3 Å². The Morgan fingerprint density at radius 1 is 1.24 bits per heavy atom. The van der Waals surface area contributed by atoms with E-state index in [1.54, 1.807) is 13.0 Å². The van der Waals surface area contributed by atoms with Crippen LogP contribution in [0.15, 0.2) is 47.4 Å². The van der Waals surface area contributed by atoms with Gasteiger partial charge >= 0.3 is 0 Å².